The molecule has 2 rings (SSSR count). The van der Waals surface area contributed by atoms with E-state index in [0.717, 1.165) is 11.4 Å². The summed E-state index contributed by atoms with van der Waals surface area (Å²) in [7, 11) is 0. The molecule has 0 aliphatic carbocycles. The number of aromatic nitrogens is 3. The Morgan fingerprint density at radius 2 is 1.95 bits per heavy atom. The molecule has 1 aromatic heterocycles. The van der Waals surface area contributed by atoms with Crippen LogP contribution in [0.3, 0.4) is 0 Å². The van der Waals surface area contributed by atoms with Crippen LogP contribution in [0.1, 0.15) is 52.0 Å². The van der Waals surface area contributed by atoms with E-state index in [2.05, 4.69) is 10.3 Å². The van der Waals surface area contributed by atoms with Gasteiger partial charge in [0, 0.05) is 0 Å². The van der Waals surface area contributed by atoms with Crippen LogP contribution in [0.5, 0.6) is 0 Å². The largest absolute Gasteiger partial charge is 0.444 e. The maximum absolute atomic E-state index is 12.3. The Morgan fingerprint density at radius 1 is 1.32 bits per heavy atom. The Kier molecular flexibility index (Phi) is 3.28. The first-order valence-electron chi connectivity index (χ1n) is 6.61. The van der Waals surface area contributed by atoms with Crippen LogP contribution >= 0.6 is 0 Å². The zero-order valence-electron chi connectivity index (χ0n) is 12.5. The summed E-state index contributed by atoms with van der Waals surface area (Å²) >= 11 is 0. The Hall–Kier alpha value is -1.59. The fraction of sp³-hybridized carbons (Fsp3) is 0.769. The first-order valence-corrected chi connectivity index (χ1v) is 6.61. The van der Waals surface area contributed by atoms with E-state index in [0.29, 0.717) is 6.54 Å². The molecule has 0 saturated heterocycles. The summed E-state index contributed by atoms with van der Waals surface area (Å²) in [5.74, 6) is 0. The minimum absolute atomic E-state index is 0.0310. The highest BCUT2D eigenvalue weighted by Crippen LogP contribution is 2.28. The third-order valence-electron chi connectivity index (χ3n) is 3.51. The summed E-state index contributed by atoms with van der Waals surface area (Å²) < 4.78 is 7.37. The molecule has 0 N–H and O–H groups in total. The Balaban J connectivity index is 2.25. The summed E-state index contributed by atoms with van der Waals surface area (Å²) in [6.45, 7) is 12.1. The molecule has 106 valence electrons. The van der Waals surface area contributed by atoms with Gasteiger partial charge in [0.15, 0.2) is 0 Å². The minimum atomic E-state index is -0.481. The molecular weight excluding hydrogens is 244 g/mol. The molecule has 1 unspecified atom stereocenters. The number of hydrogen-bond donors (Lipinski definition) is 0. The van der Waals surface area contributed by atoms with Crippen LogP contribution in [0.2, 0.25) is 0 Å². The topological polar surface area (TPSA) is 60.2 Å². The first-order chi connectivity index (χ1) is 8.70. The summed E-state index contributed by atoms with van der Waals surface area (Å²) in [6.07, 6.45) is -0.279. The second-order valence-corrected chi connectivity index (χ2v) is 6.16. The van der Waals surface area contributed by atoms with E-state index >= 15 is 0 Å². The van der Waals surface area contributed by atoms with E-state index in [9.17, 15) is 4.79 Å². The van der Waals surface area contributed by atoms with Crippen molar-refractivity contribution in [1.29, 1.82) is 0 Å². The van der Waals surface area contributed by atoms with Crippen LogP contribution in [-0.4, -0.2) is 37.6 Å². The third kappa shape index (κ3) is 2.57. The molecule has 2 atom stereocenters. The maximum atomic E-state index is 12.3. The van der Waals surface area contributed by atoms with E-state index < -0.39 is 5.60 Å². The van der Waals surface area contributed by atoms with Gasteiger partial charge in [0.25, 0.3) is 0 Å². The Bertz CT molecular complexity index is 489. The van der Waals surface area contributed by atoms with Crippen molar-refractivity contribution in [3.63, 3.8) is 0 Å². The number of aryl methyl sites for hydroxylation is 1. The van der Waals surface area contributed by atoms with Gasteiger partial charge in [0.05, 0.1) is 30.0 Å². The Labute approximate surface area is 113 Å². The predicted molar refractivity (Wildman–Crippen MR) is 70.7 cm³/mol. The van der Waals surface area contributed by atoms with E-state index in [1.807, 2.05) is 46.2 Å². The zero-order chi connectivity index (χ0) is 14.4. The van der Waals surface area contributed by atoms with Crippen molar-refractivity contribution in [3.8, 4) is 0 Å². The van der Waals surface area contributed by atoms with Crippen molar-refractivity contribution in [2.75, 3.05) is 0 Å². The van der Waals surface area contributed by atoms with Gasteiger partial charge in [-0.05, 0) is 41.5 Å². The van der Waals surface area contributed by atoms with Crippen LogP contribution in [0.25, 0.3) is 0 Å². The van der Waals surface area contributed by atoms with Crippen LogP contribution in [0, 0.1) is 6.92 Å². The number of rotatable bonds is 0. The smallest absolute Gasteiger partial charge is 0.410 e. The van der Waals surface area contributed by atoms with Crippen molar-refractivity contribution in [2.24, 2.45) is 0 Å². The number of carbonyl (C=O) groups is 1. The highest BCUT2D eigenvalue weighted by atomic mass is 16.6. The molecule has 6 nitrogen and oxygen atoms in total. The molecule has 0 spiro atoms. The molecule has 0 fully saturated rings. The van der Waals surface area contributed by atoms with Gasteiger partial charge in [0.2, 0.25) is 0 Å². The average Bonchev–Trinajstić information content (AvgIpc) is 2.63. The fourth-order valence-corrected chi connectivity index (χ4v) is 2.23. The van der Waals surface area contributed by atoms with Crippen LogP contribution in [-0.2, 0) is 11.3 Å². The lowest BCUT2D eigenvalue weighted by Crippen LogP contribution is -2.48. The lowest BCUT2D eigenvalue weighted by Gasteiger charge is -2.38. The highest BCUT2D eigenvalue weighted by Gasteiger charge is 2.36. The second kappa shape index (κ2) is 4.51. The molecule has 6 heteroatoms. The molecule has 0 aromatic carbocycles. The summed E-state index contributed by atoms with van der Waals surface area (Å²) in [4.78, 5) is 14.0. The molecule has 0 saturated carbocycles. The van der Waals surface area contributed by atoms with E-state index in [4.69, 9.17) is 4.74 Å². The quantitative estimate of drug-likeness (QED) is 0.723. The van der Waals surface area contributed by atoms with Gasteiger partial charge in [-0.2, -0.15) is 0 Å². The van der Waals surface area contributed by atoms with Gasteiger partial charge in [-0.15, -0.1) is 5.10 Å². The molecular formula is C13H22N4O2. The third-order valence-corrected chi connectivity index (χ3v) is 3.51. The van der Waals surface area contributed by atoms with Crippen molar-refractivity contribution in [2.45, 2.75) is 65.8 Å². The van der Waals surface area contributed by atoms with Crippen LogP contribution in [0.15, 0.2) is 0 Å². The zero-order valence-corrected chi connectivity index (χ0v) is 12.5. The van der Waals surface area contributed by atoms with Gasteiger partial charge in [-0.1, -0.05) is 5.21 Å². The summed E-state index contributed by atoms with van der Waals surface area (Å²) in [6, 6.07) is 0.126. The number of fused-ring (bicyclic) bond motifs is 1. The van der Waals surface area contributed by atoms with Crippen molar-refractivity contribution in [3.05, 3.63) is 11.4 Å². The maximum Gasteiger partial charge on any atom is 0.410 e. The molecule has 1 aliphatic heterocycles. The van der Waals surface area contributed by atoms with Crippen molar-refractivity contribution < 1.29 is 9.53 Å². The summed E-state index contributed by atoms with van der Waals surface area (Å²) in [5.41, 5.74) is 1.37. The first kappa shape index (κ1) is 13.8. The van der Waals surface area contributed by atoms with Gasteiger partial charge in [-0.25, -0.2) is 9.48 Å². The Morgan fingerprint density at radius 3 is 2.53 bits per heavy atom. The van der Waals surface area contributed by atoms with Crippen LogP contribution in [0.4, 0.5) is 4.79 Å². The van der Waals surface area contributed by atoms with E-state index in [1.54, 1.807) is 4.90 Å². The number of hydrogen-bond acceptors (Lipinski definition) is 4. The normalized spacial score (nSPS) is 23.2. The second-order valence-electron chi connectivity index (χ2n) is 6.16. The van der Waals surface area contributed by atoms with Gasteiger partial charge >= 0.3 is 6.09 Å². The standard InChI is InChI=1S/C13H22N4O2/c1-8-11-7-16(12(18)19-13(4,5)6)9(2)10(3)17(11)15-14-8/h9-10H,7H2,1-6H3/t9-,10?/m1/s1. The molecule has 1 aromatic rings. The highest BCUT2D eigenvalue weighted by molar-refractivity contribution is 5.68. The lowest BCUT2D eigenvalue weighted by atomic mass is 10.1. The lowest BCUT2D eigenvalue weighted by molar-refractivity contribution is 0.00395. The van der Waals surface area contributed by atoms with Crippen molar-refractivity contribution >= 4 is 6.09 Å². The fourth-order valence-electron chi connectivity index (χ4n) is 2.23. The molecule has 19 heavy (non-hydrogen) atoms. The van der Waals surface area contributed by atoms with Gasteiger partial charge < -0.3 is 4.74 Å². The van der Waals surface area contributed by atoms with Gasteiger partial charge in [0.1, 0.15) is 5.60 Å². The summed E-state index contributed by atoms with van der Waals surface area (Å²) in [5, 5.41) is 8.23. The SMILES string of the molecule is Cc1nnn2c1CN(C(=O)OC(C)(C)C)[C@H](C)C2C. The number of nitrogens with zero attached hydrogens (tertiary/aromatic N) is 4. The van der Waals surface area contributed by atoms with Crippen molar-refractivity contribution in [1.82, 2.24) is 19.9 Å². The molecule has 0 bridgehead atoms. The predicted octanol–water partition coefficient (Wildman–Crippen LogP) is 2.29. The van der Waals surface area contributed by atoms with Crippen LogP contribution < -0.4 is 0 Å². The molecule has 2 heterocycles. The molecule has 1 amide bonds. The van der Waals surface area contributed by atoms with Gasteiger partial charge in [-0.3, -0.25) is 4.90 Å². The van der Waals surface area contributed by atoms with E-state index in [-0.39, 0.29) is 18.2 Å². The monoisotopic (exact) mass is 266 g/mol. The average molecular weight is 266 g/mol. The molecule has 0 radical (unpaired) electrons. The van der Waals surface area contributed by atoms with E-state index in [1.165, 1.54) is 0 Å². The number of ether oxygens (including phenoxy) is 1. The molecule has 1 aliphatic rings. The minimum Gasteiger partial charge on any atom is -0.444 e. The number of amides is 1. The number of carbonyl (C=O) groups excluding carboxylic acids is 1.